The number of halogens is 2. The first-order chi connectivity index (χ1) is 8.69. The van der Waals surface area contributed by atoms with Crippen molar-refractivity contribution in [2.75, 3.05) is 6.54 Å². The quantitative estimate of drug-likeness (QED) is 0.886. The largest absolute Gasteiger partial charge is 0.438 e. The molecule has 3 nitrogen and oxygen atoms in total. The molecule has 0 spiro atoms. The van der Waals surface area contributed by atoms with Gasteiger partial charge in [0.15, 0.2) is 0 Å². The van der Waals surface area contributed by atoms with Crippen molar-refractivity contribution in [1.82, 2.24) is 4.98 Å². The van der Waals surface area contributed by atoms with Crippen LogP contribution in [0.25, 0.3) is 0 Å². The molecule has 0 saturated carbocycles. The molecule has 0 amide bonds. The minimum atomic E-state index is 0.546. The maximum Gasteiger partial charge on any atom is 0.233 e. The van der Waals surface area contributed by atoms with Gasteiger partial charge in [-0.15, -0.1) is 0 Å². The molecule has 2 N–H and O–H groups in total. The van der Waals surface area contributed by atoms with E-state index in [-0.39, 0.29) is 0 Å². The summed E-state index contributed by atoms with van der Waals surface area (Å²) < 4.78 is 7.40. The van der Waals surface area contributed by atoms with Crippen molar-refractivity contribution in [3.63, 3.8) is 0 Å². The Morgan fingerprint density at radius 3 is 2.50 bits per heavy atom. The van der Waals surface area contributed by atoms with Crippen LogP contribution in [-0.4, -0.2) is 11.5 Å². The lowest BCUT2D eigenvalue weighted by Gasteiger charge is -2.07. The normalized spacial score (nSPS) is 10.4. The van der Waals surface area contributed by atoms with Crippen molar-refractivity contribution >= 4 is 31.9 Å². The summed E-state index contributed by atoms with van der Waals surface area (Å²) >= 11 is 6.76. The highest BCUT2D eigenvalue weighted by Gasteiger charge is 2.05. The third kappa shape index (κ3) is 3.54. The van der Waals surface area contributed by atoms with Gasteiger partial charge < -0.3 is 10.5 Å². The first-order valence-corrected chi connectivity index (χ1v) is 7.05. The Morgan fingerprint density at radius 1 is 1.17 bits per heavy atom. The number of nitrogens with two attached hydrogens (primary N) is 1. The molecule has 94 valence electrons. The standard InChI is InChI=1S/C13H12Br2N2O/c14-10-7-12(15)13(17-8-10)18-11-3-1-9(2-4-11)5-6-16/h1-4,7-8H,5-6,16H2. The summed E-state index contributed by atoms with van der Waals surface area (Å²) in [5, 5.41) is 0. The summed E-state index contributed by atoms with van der Waals surface area (Å²) in [7, 11) is 0. The van der Waals surface area contributed by atoms with Crippen LogP contribution < -0.4 is 10.5 Å². The van der Waals surface area contributed by atoms with E-state index < -0.39 is 0 Å². The van der Waals surface area contributed by atoms with Crippen molar-refractivity contribution in [3.05, 3.63) is 51.0 Å². The molecule has 0 saturated heterocycles. The van der Waals surface area contributed by atoms with Gasteiger partial charge in [0.05, 0.1) is 4.47 Å². The Bertz CT molecular complexity index is 529. The molecular formula is C13H12Br2N2O. The monoisotopic (exact) mass is 370 g/mol. The number of aromatic nitrogens is 1. The lowest BCUT2D eigenvalue weighted by Crippen LogP contribution is -2.02. The van der Waals surface area contributed by atoms with E-state index in [0.717, 1.165) is 21.1 Å². The average molecular weight is 372 g/mol. The summed E-state index contributed by atoms with van der Waals surface area (Å²) in [5.74, 6) is 1.30. The predicted molar refractivity (Wildman–Crippen MR) is 78.9 cm³/mol. The van der Waals surface area contributed by atoms with Gasteiger partial charge in [0.1, 0.15) is 5.75 Å². The van der Waals surface area contributed by atoms with Crippen LogP contribution in [0.1, 0.15) is 5.56 Å². The first kappa shape index (κ1) is 13.5. The molecule has 0 radical (unpaired) electrons. The summed E-state index contributed by atoms with van der Waals surface area (Å²) in [6.07, 6.45) is 2.57. The Labute approximate surface area is 123 Å². The smallest absolute Gasteiger partial charge is 0.233 e. The number of benzene rings is 1. The zero-order valence-corrected chi connectivity index (χ0v) is 12.7. The minimum absolute atomic E-state index is 0.546. The molecule has 5 heteroatoms. The SMILES string of the molecule is NCCc1ccc(Oc2ncc(Br)cc2Br)cc1. The summed E-state index contributed by atoms with van der Waals surface area (Å²) in [4.78, 5) is 4.20. The zero-order valence-electron chi connectivity index (χ0n) is 9.57. The van der Waals surface area contributed by atoms with E-state index in [9.17, 15) is 0 Å². The van der Waals surface area contributed by atoms with E-state index in [1.54, 1.807) is 6.20 Å². The van der Waals surface area contributed by atoms with Crippen molar-refractivity contribution in [2.24, 2.45) is 5.73 Å². The van der Waals surface area contributed by atoms with Crippen LogP contribution in [0.4, 0.5) is 0 Å². The van der Waals surface area contributed by atoms with Gasteiger partial charge >= 0.3 is 0 Å². The third-order valence-electron chi connectivity index (χ3n) is 2.34. The fourth-order valence-corrected chi connectivity index (χ4v) is 2.55. The molecule has 1 aromatic heterocycles. The summed E-state index contributed by atoms with van der Waals surface area (Å²) in [6.45, 7) is 0.653. The van der Waals surface area contributed by atoms with E-state index >= 15 is 0 Å². The number of hydrogen-bond donors (Lipinski definition) is 1. The number of pyridine rings is 1. The Balaban J connectivity index is 2.13. The van der Waals surface area contributed by atoms with Crippen LogP contribution in [0.2, 0.25) is 0 Å². The number of rotatable bonds is 4. The molecule has 1 heterocycles. The molecule has 1 aromatic carbocycles. The summed E-state index contributed by atoms with van der Waals surface area (Å²) in [6, 6.07) is 9.75. The highest BCUT2D eigenvalue weighted by molar-refractivity contribution is 9.11. The highest BCUT2D eigenvalue weighted by atomic mass is 79.9. The lowest BCUT2D eigenvalue weighted by molar-refractivity contribution is 0.459. The Kier molecular flexibility index (Phi) is 4.74. The molecule has 2 rings (SSSR count). The molecule has 0 aliphatic rings. The maximum absolute atomic E-state index is 5.69. The lowest BCUT2D eigenvalue weighted by atomic mass is 10.1. The van der Waals surface area contributed by atoms with E-state index in [2.05, 4.69) is 36.8 Å². The van der Waals surface area contributed by atoms with Gasteiger partial charge in [-0.2, -0.15) is 0 Å². The second-order valence-corrected chi connectivity index (χ2v) is 5.50. The van der Waals surface area contributed by atoms with Crippen LogP contribution in [0.5, 0.6) is 11.6 Å². The van der Waals surface area contributed by atoms with E-state index in [1.165, 1.54) is 5.56 Å². The van der Waals surface area contributed by atoms with Crippen LogP contribution in [0.3, 0.4) is 0 Å². The van der Waals surface area contributed by atoms with Crippen molar-refractivity contribution in [2.45, 2.75) is 6.42 Å². The van der Waals surface area contributed by atoms with Crippen LogP contribution >= 0.6 is 31.9 Å². The topological polar surface area (TPSA) is 48.1 Å². The second-order valence-electron chi connectivity index (χ2n) is 3.73. The highest BCUT2D eigenvalue weighted by Crippen LogP contribution is 2.29. The Morgan fingerprint density at radius 2 is 1.89 bits per heavy atom. The van der Waals surface area contributed by atoms with Crippen LogP contribution in [0, 0.1) is 0 Å². The molecule has 0 atom stereocenters. The molecule has 0 bridgehead atoms. The van der Waals surface area contributed by atoms with Crippen molar-refractivity contribution < 1.29 is 4.74 Å². The maximum atomic E-state index is 5.69. The van der Waals surface area contributed by atoms with Gasteiger partial charge in [-0.05, 0) is 68.6 Å². The van der Waals surface area contributed by atoms with Gasteiger partial charge in [0.2, 0.25) is 5.88 Å². The van der Waals surface area contributed by atoms with Gasteiger partial charge in [-0.3, -0.25) is 0 Å². The van der Waals surface area contributed by atoms with Gasteiger partial charge in [-0.1, -0.05) is 12.1 Å². The number of hydrogen-bond acceptors (Lipinski definition) is 3. The molecule has 18 heavy (non-hydrogen) atoms. The van der Waals surface area contributed by atoms with Crippen molar-refractivity contribution in [3.8, 4) is 11.6 Å². The number of ether oxygens (including phenoxy) is 1. The summed E-state index contributed by atoms with van der Waals surface area (Å²) in [5.41, 5.74) is 6.71. The Hall–Kier alpha value is -0.910. The molecule has 0 aliphatic heterocycles. The minimum Gasteiger partial charge on any atom is -0.438 e. The van der Waals surface area contributed by atoms with Gasteiger partial charge in [0.25, 0.3) is 0 Å². The fourth-order valence-electron chi connectivity index (χ4n) is 1.48. The first-order valence-electron chi connectivity index (χ1n) is 5.47. The third-order valence-corrected chi connectivity index (χ3v) is 3.35. The molecule has 0 aliphatic carbocycles. The second kappa shape index (κ2) is 6.31. The average Bonchev–Trinajstić information content (AvgIpc) is 2.35. The van der Waals surface area contributed by atoms with Crippen LogP contribution in [-0.2, 0) is 6.42 Å². The van der Waals surface area contributed by atoms with E-state index in [0.29, 0.717) is 12.4 Å². The fraction of sp³-hybridized carbons (Fsp3) is 0.154. The van der Waals surface area contributed by atoms with Gasteiger partial charge in [-0.25, -0.2) is 4.98 Å². The van der Waals surface area contributed by atoms with E-state index in [4.69, 9.17) is 10.5 Å². The van der Waals surface area contributed by atoms with Crippen LogP contribution in [0.15, 0.2) is 45.5 Å². The molecule has 0 fully saturated rings. The molecule has 2 aromatic rings. The van der Waals surface area contributed by atoms with E-state index in [1.807, 2.05) is 30.3 Å². The molecule has 0 unspecified atom stereocenters. The van der Waals surface area contributed by atoms with Crippen molar-refractivity contribution in [1.29, 1.82) is 0 Å². The zero-order chi connectivity index (χ0) is 13.0. The number of nitrogens with zero attached hydrogens (tertiary/aromatic N) is 1. The molecular weight excluding hydrogens is 360 g/mol. The van der Waals surface area contributed by atoms with Gasteiger partial charge in [0, 0.05) is 10.7 Å². The predicted octanol–water partition coefficient (Wildman–Crippen LogP) is 3.90.